The summed E-state index contributed by atoms with van der Waals surface area (Å²) < 4.78 is 0. The van der Waals surface area contributed by atoms with E-state index in [1.807, 2.05) is 22.4 Å². The van der Waals surface area contributed by atoms with E-state index >= 15 is 0 Å². The smallest absolute Gasteiger partial charge is 0.227 e. The van der Waals surface area contributed by atoms with Crippen LogP contribution in [-0.4, -0.2) is 41.3 Å². The molecule has 0 radical (unpaired) electrons. The molecule has 3 aliphatic rings. The van der Waals surface area contributed by atoms with Crippen LogP contribution < -0.4 is 10.6 Å². The number of rotatable bonds is 3. The van der Waals surface area contributed by atoms with E-state index in [-0.39, 0.29) is 11.4 Å². The van der Waals surface area contributed by atoms with Crippen LogP contribution in [-0.2, 0) is 17.8 Å². The Balaban J connectivity index is 1.41. The average Bonchev–Trinajstić information content (AvgIpc) is 3.47. The van der Waals surface area contributed by atoms with Gasteiger partial charge in [0.05, 0.1) is 18.0 Å². The minimum Gasteiger partial charge on any atom is -0.342 e. The standard InChI is InChI=1S/C23H28N4OS/c28-21(14-19-9-5-13-29-19)27-12-11-23(16-27)22(25-18-7-2-3-8-18)26-20-10-4-1-6-17(20)15-24-23/h1,4-6,9-10,13,18,24H,2-3,7-8,11-12,14-16H2,(H,25,26). The molecule has 1 aliphatic carbocycles. The van der Waals surface area contributed by atoms with E-state index in [4.69, 9.17) is 4.99 Å². The number of hydrogen-bond acceptors (Lipinski definition) is 4. The van der Waals surface area contributed by atoms with E-state index in [2.05, 4.69) is 34.9 Å². The highest BCUT2D eigenvalue weighted by Crippen LogP contribution is 2.32. The number of nitrogens with one attached hydrogen (secondary N) is 2. The molecule has 6 heteroatoms. The van der Waals surface area contributed by atoms with Gasteiger partial charge < -0.3 is 10.2 Å². The van der Waals surface area contributed by atoms with E-state index in [0.717, 1.165) is 35.9 Å². The summed E-state index contributed by atoms with van der Waals surface area (Å²) in [6.07, 6.45) is 6.27. The van der Waals surface area contributed by atoms with Crippen molar-refractivity contribution in [3.8, 4) is 0 Å². The summed E-state index contributed by atoms with van der Waals surface area (Å²) >= 11 is 1.65. The molecule has 1 spiro atoms. The highest BCUT2D eigenvalue weighted by molar-refractivity contribution is 7.10. The van der Waals surface area contributed by atoms with E-state index < -0.39 is 0 Å². The summed E-state index contributed by atoms with van der Waals surface area (Å²) in [4.78, 5) is 21.3. The van der Waals surface area contributed by atoms with Crippen molar-refractivity contribution >= 4 is 28.8 Å². The van der Waals surface area contributed by atoms with Gasteiger partial charge in [-0.05, 0) is 42.3 Å². The monoisotopic (exact) mass is 408 g/mol. The lowest BCUT2D eigenvalue weighted by Crippen LogP contribution is -2.55. The first-order valence-corrected chi connectivity index (χ1v) is 11.6. The predicted octanol–water partition coefficient (Wildman–Crippen LogP) is 3.82. The fraction of sp³-hybridized carbons (Fsp3) is 0.478. The average molecular weight is 409 g/mol. The van der Waals surface area contributed by atoms with Crippen molar-refractivity contribution in [1.29, 1.82) is 0 Å². The van der Waals surface area contributed by atoms with E-state index in [1.54, 1.807) is 11.3 Å². The third-order valence-corrected chi connectivity index (χ3v) is 7.38. The van der Waals surface area contributed by atoms with Crippen LogP contribution in [0.1, 0.15) is 42.5 Å². The Labute approximate surface area is 176 Å². The summed E-state index contributed by atoms with van der Waals surface area (Å²) in [6, 6.07) is 12.9. The van der Waals surface area contributed by atoms with Gasteiger partial charge in [-0.1, -0.05) is 37.1 Å². The topological polar surface area (TPSA) is 56.7 Å². The summed E-state index contributed by atoms with van der Waals surface area (Å²) in [6.45, 7) is 2.25. The van der Waals surface area contributed by atoms with Gasteiger partial charge >= 0.3 is 0 Å². The number of nitrogens with zero attached hydrogens (tertiary/aromatic N) is 2. The third kappa shape index (κ3) is 3.83. The molecule has 5 nitrogen and oxygen atoms in total. The Morgan fingerprint density at radius 3 is 2.90 bits per heavy atom. The molecule has 5 rings (SSSR count). The minimum atomic E-state index is -0.285. The molecule has 1 saturated heterocycles. The number of para-hydroxylation sites is 1. The van der Waals surface area contributed by atoms with Crippen LogP contribution in [0, 0.1) is 0 Å². The predicted molar refractivity (Wildman–Crippen MR) is 119 cm³/mol. The second kappa shape index (κ2) is 7.92. The SMILES string of the molecule is O=C(Cc1cccs1)N1CCC2(C1)NCc1ccccc1NC2=NC1CCCC1. The van der Waals surface area contributed by atoms with Crippen molar-refractivity contribution in [3.05, 3.63) is 52.2 Å². The van der Waals surface area contributed by atoms with Gasteiger partial charge in [-0.25, -0.2) is 0 Å². The zero-order chi connectivity index (χ0) is 19.7. The molecular formula is C23H28N4OS. The molecule has 0 bridgehead atoms. The van der Waals surface area contributed by atoms with Crippen LogP contribution in [0.15, 0.2) is 46.8 Å². The van der Waals surface area contributed by atoms with Gasteiger partial charge in [-0.2, -0.15) is 0 Å². The number of hydrogen-bond donors (Lipinski definition) is 2. The molecule has 1 atom stereocenters. The van der Waals surface area contributed by atoms with Crippen molar-refractivity contribution in [1.82, 2.24) is 10.2 Å². The van der Waals surface area contributed by atoms with Crippen LogP contribution in [0.3, 0.4) is 0 Å². The first-order valence-electron chi connectivity index (χ1n) is 10.7. The molecule has 1 amide bonds. The Bertz CT molecular complexity index is 903. The zero-order valence-electron chi connectivity index (χ0n) is 16.7. The third-order valence-electron chi connectivity index (χ3n) is 6.50. The lowest BCUT2D eigenvalue weighted by atomic mass is 9.96. The number of benzene rings is 1. The molecule has 1 unspecified atom stereocenters. The molecule has 3 heterocycles. The number of amidine groups is 1. The van der Waals surface area contributed by atoms with E-state index in [9.17, 15) is 4.79 Å². The largest absolute Gasteiger partial charge is 0.342 e. The zero-order valence-corrected chi connectivity index (χ0v) is 17.5. The maximum absolute atomic E-state index is 12.9. The fourth-order valence-electron chi connectivity index (χ4n) is 4.80. The van der Waals surface area contributed by atoms with Crippen LogP contribution in [0.2, 0.25) is 0 Å². The highest BCUT2D eigenvalue weighted by Gasteiger charge is 2.45. The van der Waals surface area contributed by atoms with Gasteiger partial charge in [0, 0.05) is 30.2 Å². The molecule has 2 N–H and O–H groups in total. The number of carbonyl (C=O) groups excluding carboxylic acids is 1. The van der Waals surface area contributed by atoms with E-state index in [1.165, 1.54) is 31.2 Å². The molecule has 2 fully saturated rings. The van der Waals surface area contributed by atoms with Gasteiger partial charge in [0.2, 0.25) is 5.91 Å². The molecule has 29 heavy (non-hydrogen) atoms. The number of fused-ring (bicyclic) bond motifs is 1. The maximum Gasteiger partial charge on any atom is 0.227 e. The number of likely N-dealkylation sites (tertiary alicyclic amines) is 1. The number of carbonyl (C=O) groups is 1. The second-order valence-corrected chi connectivity index (χ2v) is 9.49. The Kier molecular flexibility index (Phi) is 5.14. The second-order valence-electron chi connectivity index (χ2n) is 8.46. The molecular weight excluding hydrogens is 380 g/mol. The number of aliphatic imine (C=N–C) groups is 1. The van der Waals surface area contributed by atoms with Gasteiger partial charge in [0.25, 0.3) is 0 Å². The lowest BCUT2D eigenvalue weighted by molar-refractivity contribution is -0.129. The molecule has 2 aromatic rings. The summed E-state index contributed by atoms with van der Waals surface area (Å²) in [5.74, 6) is 1.24. The van der Waals surface area contributed by atoms with Crippen LogP contribution >= 0.6 is 11.3 Å². The van der Waals surface area contributed by atoms with Crippen molar-refractivity contribution < 1.29 is 4.79 Å². The van der Waals surface area contributed by atoms with Crippen molar-refractivity contribution in [2.45, 2.75) is 56.7 Å². The summed E-state index contributed by atoms with van der Waals surface area (Å²) in [5, 5.41) is 9.51. The normalized spacial score (nSPS) is 25.9. The summed E-state index contributed by atoms with van der Waals surface area (Å²) in [5.41, 5.74) is 2.11. The van der Waals surface area contributed by atoms with Crippen LogP contribution in [0.4, 0.5) is 5.69 Å². The Morgan fingerprint density at radius 1 is 1.21 bits per heavy atom. The molecule has 2 aliphatic heterocycles. The van der Waals surface area contributed by atoms with Crippen molar-refractivity contribution in [3.63, 3.8) is 0 Å². The van der Waals surface area contributed by atoms with Crippen LogP contribution in [0.25, 0.3) is 0 Å². The van der Waals surface area contributed by atoms with Gasteiger partial charge in [-0.3, -0.25) is 15.1 Å². The van der Waals surface area contributed by atoms with E-state index in [0.29, 0.717) is 19.0 Å². The van der Waals surface area contributed by atoms with Crippen molar-refractivity contribution in [2.75, 3.05) is 18.4 Å². The lowest BCUT2D eigenvalue weighted by Gasteiger charge is -2.31. The Morgan fingerprint density at radius 2 is 2.07 bits per heavy atom. The van der Waals surface area contributed by atoms with Gasteiger partial charge in [-0.15, -0.1) is 11.3 Å². The van der Waals surface area contributed by atoms with Crippen LogP contribution in [0.5, 0.6) is 0 Å². The van der Waals surface area contributed by atoms with Gasteiger partial charge in [0.15, 0.2) is 0 Å². The summed E-state index contributed by atoms with van der Waals surface area (Å²) in [7, 11) is 0. The first-order chi connectivity index (χ1) is 14.2. The number of anilines is 1. The maximum atomic E-state index is 12.9. The molecule has 152 valence electrons. The van der Waals surface area contributed by atoms with Gasteiger partial charge in [0.1, 0.15) is 5.84 Å². The molecule has 1 aromatic carbocycles. The fourth-order valence-corrected chi connectivity index (χ4v) is 5.49. The highest BCUT2D eigenvalue weighted by atomic mass is 32.1. The minimum absolute atomic E-state index is 0.216. The number of amides is 1. The molecule has 1 aromatic heterocycles. The Hall–Kier alpha value is -2.18. The van der Waals surface area contributed by atoms with Crippen molar-refractivity contribution in [2.24, 2.45) is 4.99 Å². The number of thiophene rings is 1. The quantitative estimate of drug-likeness (QED) is 0.812. The first kappa shape index (κ1) is 18.8. The molecule has 1 saturated carbocycles.